The maximum absolute atomic E-state index is 6.12. The quantitative estimate of drug-likeness (QED) is 0.290. The highest BCUT2D eigenvalue weighted by Crippen LogP contribution is 2.51. The van der Waals surface area contributed by atoms with E-state index in [4.69, 9.17) is 93.3 Å². The smallest absolute Gasteiger partial charge is 0.252 e. The van der Waals surface area contributed by atoms with E-state index in [1.807, 2.05) is 0 Å². The van der Waals surface area contributed by atoms with Crippen molar-refractivity contribution in [1.82, 2.24) is 0 Å². The number of aliphatic imine (C=N–C) groups is 1. The lowest BCUT2D eigenvalue weighted by atomic mass is 10.1. The summed E-state index contributed by atoms with van der Waals surface area (Å²) in [6.45, 7) is 0. The Balaban J connectivity index is 1.96. The van der Waals surface area contributed by atoms with E-state index in [1.165, 1.54) is 21.3 Å². The van der Waals surface area contributed by atoms with Gasteiger partial charge in [0, 0.05) is 17.3 Å². The van der Waals surface area contributed by atoms with Crippen molar-refractivity contribution in [3.63, 3.8) is 0 Å². The van der Waals surface area contributed by atoms with Crippen LogP contribution < -0.4 is 18.9 Å². The van der Waals surface area contributed by atoms with Crippen LogP contribution in [0.1, 0.15) is 17.2 Å². The summed E-state index contributed by atoms with van der Waals surface area (Å²) in [7, 11) is 4.59. The Morgan fingerprint density at radius 2 is 1.50 bits per heavy atom. The summed E-state index contributed by atoms with van der Waals surface area (Å²) in [6, 6.07) is 8.50. The molecular weight excluding hydrogens is 547 g/mol. The molecule has 32 heavy (non-hydrogen) atoms. The maximum atomic E-state index is 6.12. The van der Waals surface area contributed by atoms with Gasteiger partial charge in [-0.1, -0.05) is 69.6 Å². The number of ether oxygens (including phenoxy) is 5. The standard InChI is InChI=1S/C20H17Cl6NO5/c1-28-14-6-10(7-15(29-2)16(14)30-3)9-27-11-4-5-13-12(8-11)17(19(21,22)23)32-18(31-13)20(24,25)26/h4-9,17-18H,1-3H3. The van der Waals surface area contributed by atoms with Crippen molar-refractivity contribution in [3.05, 3.63) is 41.5 Å². The van der Waals surface area contributed by atoms with Gasteiger partial charge in [-0.05, 0) is 30.3 Å². The molecule has 1 aliphatic heterocycles. The van der Waals surface area contributed by atoms with Gasteiger partial charge in [0.25, 0.3) is 3.79 Å². The molecule has 0 bridgehead atoms. The van der Waals surface area contributed by atoms with Crippen LogP contribution in [0.3, 0.4) is 0 Å². The molecular formula is C20H17Cl6NO5. The van der Waals surface area contributed by atoms with Crippen molar-refractivity contribution in [1.29, 1.82) is 0 Å². The SMILES string of the molecule is COc1cc(C=Nc2ccc3c(c2)C(C(Cl)(Cl)Cl)OC(C(Cl)(Cl)Cl)O3)cc(OC)c1OC. The molecule has 0 aromatic heterocycles. The first kappa shape index (κ1) is 25.6. The zero-order valence-corrected chi connectivity index (χ0v) is 21.4. The van der Waals surface area contributed by atoms with Crippen molar-refractivity contribution < 1.29 is 23.7 Å². The van der Waals surface area contributed by atoms with Gasteiger partial charge in [0.1, 0.15) is 11.9 Å². The highest BCUT2D eigenvalue weighted by Gasteiger charge is 2.48. The van der Waals surface area contributed by atoms with Crippen LogP contribution in [0.5, 0.6) is 23.0 Å². The minimum atomic E-state index is -1.89. The molecule has 0 N–H and O–H groups in total. The van der Waals surface area contributed by atoms with Crippen LogP contribution in [0.25, 0.3) is 0 Å². The van der Waals surface area contributed by atoms with Gasteiger partial charge in [-0.2, -0.15) is 0 Å². The second-order valence-corrected chi connectivity index (χ2v) is 11.2. The normalized spacial score (nSPS) is 18.8. The summed E-state index contributed by atoms with van der Waals surface area (Å²) >= 11 is 36.1. The molecule has 1 heterocycles. The van der Waals surface area contributed by atoms with Crippen molar-refractivity contribution in [2.75, 3.05) is 21.3 Å². The highest BCUT2D eigenvalue weighted by atomic mass is 35.6. The molecule has 1 aliphatic rings. The van der Waals surface area contributed by atoms with Gasteiger partial charge >= 0.3 is 0 Å². The molecule has 0 fully saturated rings. The Bertz CT molecular complexity index is 980. The number of rotatable bonds is 5. The molecule has 0 saturated carbocycles. The predicted molar refractivity (Wildman–Crippen MR) is 129 cm³/mol. The van der Waals surface area contributed by atoms with Gasteiger partial charge in [-0.3, -0.25) is 4.99 Å². The first-order chi connectivity index (χ1) is 15.0. The van der Waals surface area contributed by atoms with Gasteiger partial charge in [0.15, 0.2) is 11.5 Å². The molecule has 12 heteroatoms. The Morgan fingerprint density at radius 1 is 0.875 bits per heavy atom. The molecule has 0 saturated heterocycles. The average molecular weight is 564 g/mol. The third kappa shape index (κ3) is 5.73. The Morgan fingerprint density at radius 3 is 2.00 bits per heavy atom. The molecule has 2 atom stereocenters. The summed E-state index contributed by atoms with van der Waals surface area (Å²) in [4.78, 5) is 4.48. The van der Waals surface area contributed by atoms with Gasteiger partial charge in [0.05, 0.1) is 27.0 Å². The monoisotopic (exact) mass is 561 g/mol. The summed E-state index contributed by atoms with van der Waals surface area (Å²) in [5.41, 5.74) is 1.69. The lowest BCUT2D eigenvalue weighted by Crippen LogP contribution is -2.42. The molecule has 174 valence electrons. The molecule has 2 unspecified atom stereocenters. The first-order valence-electron chi connectivity index (χ1n) is 8.91. The van der Waals surface area contributed by atoms with E-state index in [0.29, 0.717) is 39.8 Å². The zero-order valence-electron chi connectivity index (χ0n) is 16.9. The number of nitrogens with zero attached hydrogens (tertiary/aromatic N) is 1. The topological polar surface area (TPSA) is 58.5 Å². The van der Waals surface area contributed by atoms with Crippen LogP contribution in [0.2, 0.25) is 0 Å². The van der Waals surface area contributed by atoms with Gasteiger partial charge in [-0.25, -0.2) is 0 Å². The first-order valence-corrected chi connectivity index (χ1v) is 11.2. The lowest BCUT2D eigenvalue weighted by Gasteiger charge is -2.38. The van der Waals surface area contributed by atoms with Crippen LogP contribution in [-0.4, -0.2) is 41.4 Å². The fourth-order valence-electron chi connectivity index (χ4n) is 2.99. The maximum Gasteiger partial charge on any atom is 0.252 e. The number of hydrogen-bond donors (Lipinski definition) is 0. The van der Waals surface area contributed by atoms with Gasteiger partial charge < -0.3 is 23.7 Å². The molecule has 2 aromatic carbocycles. The van der Waals surface area contributed by atoms with E-state index in [-0.39, 0.29) is 0 Å². The number of alkyl halides is 6. The minimum Gasteiger partial charge on any atom is -0.493 e. The largest absolute Gasteiger partial charge is 0.493 e. The number of halogens is 6. The minimum absolute atomic E-state index is 0.343. The van der Waals surface area contributed by atoms with Gasteiger partial charge in [0.2, 0.25) is 15.8 Å². The molecule has 2 aromatic rings. The van der Waals surface area contributed by atoms with Crippen LogP contribution >= 0.6 is 69.6 Å². The Hall–Kier alpha value is -0.990. The van der Waals surface area contributed by atoms with Crippen LogP contribution in [0.15, 0.2) is 35.3 Å². The number of hydrogen-bond acceptors (Lipinski definition) is 6. The van der Waals surface area contributed by atoms with E-state index in [9.17, 15) is 0 Å². The van der Waals surface area contributed by atoms with E-state index in [0.717, 1.165) is 0 Å². The number of methoxy groups -OCH3 is 3. The fraction of sp³-hybridized carbons (Fsp3) is 0.350. The summed E-state index contributed by atoms with van der Waals surface area (Å²) in [5.74, 6) is 1.81. The predicted octanol–water partition coefficient (Wildman–Crippen LogP) is 6.98. The summed E-state index contributed by atoms with van der Waals surface area (Å²) in [6.07, 6.45) is -0.715. The van der Waals surface area contributed by atoms with Crippen molar-refractivity contribution >= 4 is 81.5 Å². The number of fused-ring (bicyclic) bond motifs is 1. The van der Waals surface area contributed by atoms with Crippen molar-refractivity contribution in [3.8, 4) is 23.0 Å². The highest BCUT2D eigenvalue weighted by molar-refractivity contribution is 6.68. The van der Waals surface area contributed by atoms with E-state index < -0.39 is 20.0 Å². The molecule has 0 aliphatic carbocycles. The zero-order chi connectivity index (χ0) is 23.7. The van der Waals surface area contributed by atoms with Crippen molar-refractivity contribution in [2.24, 2.45) is 4.99 Å². The Labute approximate surface area is 215 Å². The average Bonchev–Trinajstić information content (AvgIpc) is 2.74. The molecule has 6 nitrogen and oxygen atoms in total. The van der Waals surface area contributed by atoms with E-state index in [1.54, 1.807) is 36.5 Å². The molecule has 3 rings (SSSR count). The van der Waals surface area contributed by atoms with E-state index >= 15 is 0 Å². The second kappa shape index (κ2) is 10.1. The summed E-state index contributed by atoms with van der Waals surface area (Å²) in [5, 5.41) is 0. The summed E-state index contributed by atoms with van der Waals surface area (Å²) < 4.78 is 23.6. The van der Waals surface area contributed by atoms with Gasteiger partial charge in [-0.15, -0.1) is 0 Å². The molecule has 0 spiro atoms. The molecule has 0 amide bonds. The third-order valence-corrected chi connectivity index (χ3v) is 5.51. The van der Waals surface area contributed by atoms with Crippen molar-refractivity contribution in [2.45, 2.75) is 20.0 Å². The third-order valence-electron chi connectivity index (χ3n) is 4.38. The molecule has 0 radical (unpaired) electrons. The number of benzene rings is 2. The van der Waals surface area contributed by atoms with Crippen LogP contribution in [0.4, 0.5) is 5.69 Å². The van der Waals surface area contributed by atoms with Crippen LogP contribution in [0, 0.1) is 0 Å². The Kier molecular flexibility index (Phi) is 8.09. The fourth-order valence-corrected chi connectivity index (χ4v) is 3.79. The van der Waals surface area contributed by atoms with Crippen LogP contribution in [-0.2, 0) is 4.74 Å². The van der Waals surface area contributed by atoms with E-state index in [2.05, 4.69) is 4.99 Å². The second-order valence-electron chi connectivity index (χ2n) is 6.49. The lowest BCUT2D eigenvalue weighted by molar-refractivity contribution is -0.136.